The number of H-pyrrole nitrogens is 1. The molecular weight excluding hydrogens is 428 g/mol. The number of benzene rings is 1. The minimum Gasteiger partial charge on any atom is -0.360 e. The molecule has 0 saturated heterocycles. The van der Waals surface area contributed by atoms with Crippen LogP contribution in [-0.4, -0.2) is 26.2 Å². The van der Waals surface area contributed by atoms with E-state index in [1.54, 1.807) is 13.1 Å². The smallest absolute Gasteiger partial charge is 0.262 e. The van der Waals surface area contributed by atoms with Crippen LogP contribution in [0.4, 0.5) is 0 Å². The van der Waals surface area contributed by atoms with Crippen LogP contribution in [0.5, 0.6) is 0 Å². The number of nitrogens with one attached hydrogen (secondary N) is 2. The number of carbonyl (C=O) groups excluding carboxylic acids is 2. The van der Waals surface area contributed by atoms with Gasteiger partial charge in [0.05, 0.1) is 29.5 Å². The molecule has 34 heavy (non-hydrogen) atoms. The number of amides is 1. The van der Waals surface area contributed by atoms with Crippen molar-refractivity contribution in [1.82, 2.24) is 19.9 Å². The monoisotopic (exact) mass is 456 g/mol. The maximum absolute atomic E-state index is 13.4. The lowest BCUT2D eigenvalue weighted by molar-refractivity contribution is -0.121. The van der Waals surface area contributed by atoms with E-state index in [1.165, 1.54) is 11.5 Å². The van der Waals surface area contributed by atoms with Gasteiger partial charge in [-0.05, 0) is 49.1 Å². The van der Waals surface area contributed by atoms with Gasteiger partial charge in [-0.2, -0.15) is 0 Å². The lowest BCUT2D eigenvalue weighted by Gasteiger charge is -2.18. The van der Waals surface area contributed by atoms with Crippen LogP contribution >= 0.6 is 0 Å². The molecule has 0 aliphatic heterocycles. The highest BCUT2D eigenvalue weighted by atomic mass is 16.2. The van der Waals surface area contributed by atoms with Gasteiger partial charge in [-0.1, -0.05) is 38.1 Å². The predicted octanol–water partition coefficient (Wildman–Crippen LogP) is 4.34. The van der Waals surface area contributed by atoms with Crippen LogP contribution in [0.25, 0.3) is 22.0 Å². The maximum Gasteiger partial charge on any atom is 0.262 e. The summed E-state index contributed by atoms with van der Waals surface area (Å²) < 4.78 is 1.36. The molecule has 174 valence electrons. The zero-order chi connectivity index (χ0) is 24.4. The highest BCUT2D eigenvalue weighted by molar-refractivity contribution is 6.01. The average Bonchev–Trinajstić information content (AvgIpc) is 3.27. The lowest BCUT2D eigenvalue weighted by Crippen LogP contribution is -2.35. The summed E-state index contributed by atoms with van der Waals surface area (Å²) in [7, 11) is 0. The normalized spacial score (nSPS) is 11.2. The number of pyridine rings is 2. The Morgan fingerprint density at radius 1 is 1.12 bits per heavy atom. The molecule has 0 atom stereocenters. The molecule has 0 radical (unpaired) electrons. The fraction of sp³-hybridized carbons (Fsp3) is 0.259. The molecule has 0 spiro atoms. The van der Waals surface area contributed by atoms with Gasteiger partial charge in [0.15, 0.2) is 5.78 Å². The molecule has 0 fully saturated rings. The summed E-state index contributed by atoms with van der Waals surface area (Å²) in [5.74, 6) is -0.425. The fourth-order valence-corrected chi connectivity index (χ4v) is 4.25. The third kappa shape index (κ3) is 4.55. The highest BCUT2D eigenvalue weighted by Crippen LogP contribution is 2.31. The minimum atomic E-state index is -0.455. The molecule has 0 unspecified atom stereocenters. The first-order chi connectivity index (χ1) is 16.3. The van der Waals surface area contributed by atoms with Gasteiger partial charge in [0.1, 0.15) is 6.54 Å². The Morgan fingerprint density at radius 3 is 2.62 bits per heavy atom. The first kappa shape index (κ1) is 23.2. The molecule has 2 N–H and O–H groups in total. The Bertz CT molecular complexity index is 1450. The summed E-state index contributed by atoms with van der Waals surface area (Å²) in [4.78, 5) is 46.1. The number of ketones is 1. The van der Waals surface area contributed by atoms with Gasteiger partial charge in [0.2, 0.25) is 5.91 Å². The number of hydrogen-bond donors (Lipinski definition) is 2. The molecule has 0 bridgehead atoms. The van der Waals surface area contributed by atoms with Gasteiger partial charge in [-0.15, -0.1) is 0 Å². The summed E-state index contributed by atoms with van der Waals surface area (Å²) >= 11 is 0. The van der Waals surface area contributed by atoms with Crippen molar-refractivity contribution in [2.45, 2.75) is 46.7 Å². The molecule has 0 aliphatic rings. The van der Waals surface area contributed by atoms with E-state index in [1.807, 2.05) is 48.7 Å². The van der Waals surface area contributed by atoms with Crippen molar-refractivity contribution in [2.24, 2.45) is 0 Å². The van der Waals surface area contributed by atoms with Gasteiger partial charge in [-0.3, -0.25) is 19.4 Å². The number of aromatic amines is 1. The van der Waals surface area contributed by atoms with Crippen LogP contribution in [0.2, 0.25) is 0 Å². The van der Waals surface area contributed by atoms with Crippen molar-refractivity contribution in [3.63, 3.8) is 0 Å². The molecule has 1 aromatic carbocycles. The van der Waals surface area contributed by atoms with Gasteiger partial charge in [-0.25, -0.2) is 0 Å². The summed E-state index contributed by atoms with van der Waals surface area (Å²) in [5.41, 5.74) is 4.44. The second-order valence-corrected chi connectivity index (χ2v) is 8.78. The van der Waals surface area contributed by atoms with Crippen LogP contribution < -0.4 is 10.9 Å². The fourth-order valence-electron chi connectivity index (χ4n) is 4.25. The van der Waals surface area contributed by atoms with Crippen LogP contribution in [0.1, 0.15) is 54.0 Å². The van der Waals surface area contributed by atoms with Crippen LogP contribution in [-0.2, 0) is 17.9 Å². The first-order valence-corrected chi connectivity index (χ1v) is 11.3. The number of aromatic nitrogens is 3. The van der Waals surface area contributed by atoms with E-state index in [0.717, 1.165) is 27.7 Å². The summed E-state index contributed by atoms with van der Waals surface area (Å²) in [6, 6.07) is 13.5. The second-order valence-electron chi connectivity index (χ2n) is 8.78. The van der Waals surface area contributed by atoms with Crippen molar-refractivity contribution in [1.29, 1.82) is 0 Å². The third-order valence-electron chi connectivity index (χ3n) is 6.00. The zero-order valence-electron chi connectivity index (χ0n) is 19.8. The largest absolute Gasteiger partial charge is 0.360 e. The Hall–Kier alpha value is -4.00. The van der Waals surface area contributed by atoms with E-state index < -0.39 is 5.56 Å². The van der Waals surface area contributed by atoms with E-state index in [9.17, 15) is 14.4 Å². The van der Waals surface area contributed by atoms with E-state index >= 15 is 0 Å². The molecular formula is C27H28N4O3. The topological polar surface area (TPSA) is 96.8 Å². The Kier molecular flexibility index (Phi) is 6.45. The number of Topliss-reactive ketones (excluding diaryl/α,β-unsaturated/α-hetero) is 1. The van der Waals surface area contributed by atoms with Crippen LogP contribution in [0.3, 0.4) is 0 Å². The Balaban J connectivity index is 1.62. The van der Waals surface area contributed by atoms with Crippen LogP contribution in [0, 0.1) is 6.92 Å². The molecule has 4 aromatic rings. The molecule has 1 amide bonds. The van der Waals surface area contributed by atoms with E-state index in [0.29, 0.717) is 11.3 Å². The Labute approximate surface area is 197 Å². The first-order valence-electron chi connectivity index (χ1n) is 11.3. The molecule has 7 heteroatoms. The number of nitrogens with zero attached hydrogens (tertiary/aromatic N) is 2. The quantitative estimate of drug-likeness (QED) is 0.404. The minimum absolute atomic E-state index is 0.103. The molecule has 4 rings (SSSR count). The van der Waals surface area contributed by atoms with Crippen molar-refractivity contribution in [2.75, 3.05) is 0 Å². The molecule has 0 aliphatic carbocycles. The number of rotatable bonds is 7. The SMILES string of the molecule is CC(=O)c1c(-c2ccccc2C(C)C)cc(C)n(CC(=O)NCc2cc3cc[nH]c3cn2)c1=O. The van der Waals surface area contributed by atoms with Gasteiger partial charge < -0.3 is 14.9 Å². The van der Waals surface area contributed by atoms with Gasteiger partial charge in [0, 0.05) is 22.8 Å². The van der Waals surface area contributed by atoms with E-state index in [-0.39, 0.29) is 36.3 Å². The summed E-state index contributed by atoms with van der Waals surface area (Å²) in [6.07, 6.45) is 3.55. The van der Waals surface area contributed by atoms with Crippen molar-refractivity contribution < 1.29 is 9.59 Å². The van der Waals surface area contributed by atoms with Crippen molar-refractivity contribution >= 4 is 22.6 Å². The van der Waals surface area contributed by atoms with Crippen LogP contribution in [0.15, 0.2) is 59.7 Å². The lowest BCUT2D eigenvalue weighted by atomic mass is 9.89. The number of hydrogen-bond acceptors (Lipinski definition) is 4. The van der Waals surface area contributed by atoms with Gasteiger partial charge in [0.25, 0.3) is 5.56 Å². The third-order valence-corrected chi connectivity index (χ3v) is 6.00. The number of carbonyl (C=O) groups is 2. The van der Waals surface area contributed by atoms with E-state index in [4.69, 9.17) is 0 Å². The predicted molar refractivity (Wildman–Crippen MR) is 133 cm³/mol. The Morgan fingerprint density at radius 2 is 1.88 bits per heavy atom. The summed E-state index contributed by atoms with van der Waals surface area (Å²) in [5, 5.41) is 3.83. The summed E-state index contributed by atoms with van der Waals surface area (Å²) in [6.45, 7) is 7.39. The zero-order valence-corrected chi connectivity index (χ0v) is 19.8. The molecule has 3 heterocycles. The molecule has 3 aromatic heterocycles. The number of aryl methyl sites for hydroxylation is 1. The van der Waals surface area contributed by atoms with E-state index in [2.05, 4.69) is 29.1 Å². The highest BCUT2D eigenvalue weighted by Gasteiger charge is 2.21. The van der Waals surface area contributed by atoms with Crippen molar-refractivity contribution in [3.05, 3.63) is 87.7 Å². The second kappa shape index (κ2) is 9.47. The standard InChI is InChI=1S/C27H28N4O3/c1-16(2)21-7-5-6-8-22(21)23-11-17(3)31(27(34)26(23)18(4)32)15-25(33)30-13-20-12-19-9-10-28-24(19)14-29-20/h5-12,14,16,28H,13,15H2,1-4H3,(H,30,33). The van der Waals surface area contributed by atoms with Gasteiger partial charge >= 0.3 is 0 Å². The van der Waals surface area contributed by atoms with Crippen molar-refractivity contribution in [3.8, 4) is 11.1 Å². The number of fused-ring (bicyclic) bond motifs is 1. The maximum atomic E-state index is 13.4. The average molecular weight is 457 g/mol. The molecule has 0 saturated carbocycles. The molecule has 7 nitrogen and oxygen atoms in total.